The zero-order valence-electron chi connectivity index (χ0n) is 12.8. The van der Waals surface area contributed by atoms with Crippen LogP contribution in [0.2, 0.25) is 0 Å². The lowest BCUT2D eigenvalue weighted by atomic mass is 10.0. The molecular weight excluding hydrogens is 236 g/mol. The third-order valence-corrected chi connectivity index (χ3v) is 4.03. The van der Waals surface area contributed by atoms with E-state index in [1.165, 1.54) is 16.5 Å². The number of likely N-dealkylation sites (N-methyl/N-ethyl adjacent to an activating group) is 1. The topological polar surface area (TPSA) is 17.4 Å². The van der Waals surface area contributed by atoms with E-state index in [1.807, 2.05) is 0 Å². The van der Waals surface area contributed by atoms with Gasteiger partial charge in [-0.3, -0.25) is 0 Å². The smallest absolute Gasteiger partial charge is 0.119 e. The molecule has 0 aliphatic carbocycles. The second kappa shape index (κ2) is 4.89. The van der Waals surface area contributed by atoms with Gasteiger partial charge in [0.05, 0.1) is 12.6 Å². The number of nitrogens with zero attached hydrogens (tertiary/aromatic N) is 2. The van der Waals surface area contributed by atoms with E-state index < -0.39 is 0 Å². The molecule has 0 saturated heterocycles. The fourth-order valence-electron chi connectivity index (χ4n) is 2.34. The van der Waals surface area contributed by atoms with Crippen LogP contribution in [0.5, 0.6) is 5.75 Å². The van der Waals surface area contributed by atoms with Gasteiger partial charge in [-0.2, -0.15) is 0 Å². The maximum Gasteiger partial charge on any atom is 0.119 e. The van der Waals surface area contributed by atoms with Crippen LogP contribution in [0.3, 0.4) is 0 Å². The van der Waals surface area contributed by atoms with Crippen LogP contribution < -0.4 is 4.74 Å². The standard InChI is InChI=1S/C16H24N2O/c1-12-9-14(19-6)10-13-7-8-18(15(12)13)11-16(2,3)17(4)5/h7-10H,11H2,1-6H3. The fourth-order valence-corrected chi connectivity index (χ4v) is 2.34. The molecule has 0 aliphatic rings. The van der Waals surface area contributed by atoms with E-state index in [0.29, 0.717) is 0 Å². The normalized spacial score (nSPS) is 12.4. The number of aryl methyl sites for hydroxylation is 1. The molecule has 1 aromatic heterocycles. The molecule has 3 heteroatoms. The van der Waals surface area contributed by atoms with Crippen molar-refractivity contribution < 1.29 is 4.74 Å². The second-order valence-corrected chi connectivity index (χ2v) is 6.03. The number of aromatic nitrogens is 1. The lowest BCUT2D eigenvalue weighted by Crippen LogP contribution is -2.41. The Kier molecular flexibility index (Phi) is 3.59. The highest BCUT2D eigenvalue weighted by molar-refractivity contribution is 5.84. The average molecular weight is 260 g/mol. The average Bonchev–Trinajstić information content (AvgIpc) is 2.71. The van der Waals surface area contributed by atoms with E-state index in [1.54, 1.807) is 7.11 Å². The molecule has 0 aliphatic heterocycles. The van der Waals surface area contributed by atoms with E-state index >= 15 is 0 Å². The first-order chi connectivity index (χ1) is 8.85. The van der Waals surface area contributed by atoms with Gasteiger partial charge in [0.25, 0.3) is 0 Å². The maximum atomic E-state index is 5.33. The first-order valence-corrected chi connectivity index (χ1v) is 6.66. The van der Waals surface area contributed by atoms with E-state index in [-0.39, 0.29) is 5.54 Å². The Balaban J connectivity index is 2.46. The van der Waals surface area contributed by atoms with Crippen molar-refractivity contribution in [3.63, 3.8) is 0 Å². The Morgan fingerprint density at radius 1 is 1.26 bits per heavy atom. The molecule has 0 N–H and O–H groups in total. The van der Waals surface area contributed by atoms with Crippen LogP contribution in [-0.4, -0.2) is 36.2 Å². The number of benzene rings is 1. The molecule has 0 bridgehead atoms. The van der Waals surface area contributed by atoms with Crippen molar-refractivity contribution in [3.8, 4) is 5.75 Å². The minimum atomic E-state index is 0.123. The zero-order chi connectivity index (χ0) is 14.2. The Morgan fingerprint density at radius 2 is 1.95 bits per heavy atom. The summed E-state index contributed by atoms with van der Waals surface area (Å²) in [5.41, 5.74) is 2.68. The van der Waals surface area contributed by atoms with Gasteiger partial charge in [-0.15, -0.1) is 0 Å². The number of methoxy groups -OCH3 is 1. The summed E-state index contributed by atoms with van der Waals surface area (Å²) in [6, 6.07) is 6.36. The summed E-state index contributed by atoms with van der Waals surface area (Å²) in [4.78, 5) is 2.26. The molecule has 0 atom stereocenters. The van der Waals surface area contributed by atoms with Gasteiger partial charge >= 0.3 is 0 Å². The Bertz CT molecular complexity index is 582. The highest BCUT2D eigenvalue weighted by atomic mass is 16.5. The molecule has 2 aromatic rings. The van der Waals surface area contributed by atoms with Crippen molar-refractivity contribution in [3.05, 3.63) is 30.0 Å². The highest BCUT2D eigenvalue weighted by Gasteiger charge is 2.22. The molecule has 1 aromatic carbocycles. The van der Waals surface area contributed by atoms with Gasteiger partial charge in [0.2, 0.25) is 0 Å². The number of hydrogen-bond donors (Lipinski definition) is 0. The van der Waals surface area contributed by atoms with Gasteiger partial charge < -0.3 is 14.2 Å². The summed E-state index contributed by atoms with van der Waals surface area (Å²) in [6.45, 7) is 7.63. The minimum absolute atomic E-state index is 0.123. The summed E-state index contributed by atoms with van der Waals surface area (Å²) < 4.78 is 7.67. The van der Waals surface area contributed by atoms with E-state index in [2.05, 4.69) is 68.7 Å². The first-order valence-electron chi connectivity index (χ1n) is 6.66. The van der Waals surface area contributed by atoms with Crippen LogP contribution >= 0.6 is 0 Å². The molecule has 0 spiro atoms. The summed E-state index contributed by atoms with van der Waals surface area (Å²) >= 11 is 0. The Morgan fingerprint density at radius 3 is 2.53 bits per heavy atom. The molecule has 0 radical (unpaired) electrons. The number of rotatable bonds is 4. The summed E-state index contributed by atoms with van der Waals surface area (Å²) in [5.74, 6) is 0.926. The Labute approximate surface area is 115 Å². The number of fused-ring (bicyclic) bond motifs is 1. The van der Waals surface area contributed by atoms with Gasteiger partial charge in [0.15, 0.2) is 0 Å². The SMILES string of the molecule is COc1cc(C)c2c(ccn2CC(C)(C)N(C)C)c1. The van der Waals surface area contributed by atoms with E-state index in [4.69, 9.17) is 4.74 Å². The number of ether oxygens (including phenoxy) is 1. The van der Waals surface area contributed by atoms with Gasteiger partial charge in [-0.05, 0) is 58.6 Å². The molecule has 0 amide bonds. The van der Waals surface area contributed by atoms with E-state index in [9.17, 15) is 0 Å². The molecule has 2 rings (SSSR count). The highest BCUT2D eigenvalue weighted by Crippen LogP contribution is 2.27. The molecule has 19 heavy (non-hydrogen) atoms. The van der Waals surface area contributed by atoms with Gasteiger partial charge in [-0.25, -0.2) is 0 Å². The van der Waals surface area contributed by atoms with Crippen molar-refractivity contribution in [2.45, 2.75) is 32.9 Å². The van der Waals surface area contributed by atoms with E-state index in [0.717, 1.165) is 12.3 Å². The largest absolute Gasteiger partial charge is 0.497 e. The molecular formula is C16H24N2O. The van der Waals surface area contributed by atoms with Gasteiger partial charge in [0, 0.05) is 23.7 Å². The predicted octanol–water partition coefficient (Wildman–Crippen LogP) is 3.30. The van der Waals surface area contributed by atoms with Crippen LogP contribution in [0.15, 0.2) is 24.4 Å². The molecule has 104 valence electrons. The van der Waals surface area contributed by atoms with Crippen molar-refractivity contribution in [2.75, 3.05) is 21.2 Å². The predicted molar refractivity (Wildman–Crippen MR) is 81.0 cm³/mol. The molecule has 1 heterocycles. The second-order valence-electron chi connectivity index (χ2n) is 6.03. The summed E-state index contributed by atoms with van der Waals surface area (Å²) in [5, 5.41) is 1.24. The van der Waals surface area contributed by atoms with Crippen LogP contribution in [0.1, 0.15) is 19.4 Å². The third kappa shape index (κ3) is 2.61. The van der Waals surface area contributed by atoms with Crippen molar-refractivity contribution >= 4 is 10.9 Å². The minimum Gasteiger partial charge on any atom is -0.497 e. The van der Waals surface area contributed by atoms with Crippen LogP contribution in [0.4, 0.5) is 0 Å². The lowest BCUT2D eigenvalue weighted by Gasteiger charge is -2.33. The van der Waals surface area contributed by atoms with Crippen LogP contribution in [-0.2, 0) is 6.54 Å². The maximum absolute atomic E-state index is 5.33. The molecule has 0 unspecified atom stereocenters. The number of hydrogen-bond acceptors (Lipinski definition) is 2. The first kappa shape index (κ1) is 13.9. The van der Waals surface area contributed by atoms with Gasteiger partial charge in [0.1, 0.15) is 5.75 Å². The van der Waals surface area contributed by atoms with Crippen molar-refractivity contribution in [2.24, 2.45) is 0 Å². The van der Waals surface area contributed by atoms with Gasteiger partial charge in [-0.1, -0.05) is 0 Å². The zero-order valence-corrected chi connectivity index (χ0v) is 12.8. The van der Waals surface area contributed by atoms with Crippen molar-refractivity contribution in [1.29, 1.82) is 0 Å². The molecule has 3 nitrogen and oxygen atoms in total. The molecule has 0 fully saturated rings. The quantitative estimate of drug-likeness (QED) is 0.839. The van der Waals surface area contributed by atoms with Crippen LogP contribution in [0.25, 0.3) is 10.9 Å². The van der Waals surface area contributed by atoms with Crippen LogP contribution in [0, 0.1) is 6.92 Å². The Hall–Kier alpha value is -1.48. The monoisotopic (exact) mass is 260 g/mol. The summed E-state index contributed by atoms with van der Waals surface area (Å²) in [6.07, 6.45) is 2.17. The lowest BCUT2D eigenvalue weighted by molar-refractivity contribution is 0.171. The van der Waals surface area contributed by atoms with Crippen molar-refractivity contribution in [1.82, 2.24) is 9.47 Å². The fraction of sp³-hybridized carbons (Fsp3) is 0.500. The molecule has 0 saturated carbocycles. The summed E-state index contributed by atoms with van der Waals surface area (Å²) in [7, 11) is 5.97. The third-order valence-electron chi connectivity index (χ3n) is 4.03.